The number of fused-ring (bicyclic) bond motifs is 1. The number of carbonyl (C=O) groups is 4. The van der Waals surface area contributed by atoms with Gasteiger partial charge >= 0.3 is 46.3 Å². The molecule has 1 unspecified atom stereocenters. The van der Waals surface area contributed by atoms with Crippen LogP contribution in [0, 0.1) is 0 Å². The van der Waals surface area contributed by atoms with Crippen molar-refractivity contribution in [1.82, 2.24) is 9.97 Å². The van der Waals surface area contributed by atoms with Gasteiger partial charge in [0.1, 0.15) is 54.1 Å². The molecule has 0 radical (unpaired) electrons. The molecule has 3 aromatic rings. The summed E-state index contributed by atoms with van der Waals surface area (Å²) in [5.74, 6) is -2.62. The fraction of sp³-hybridized carbons (Fsp3) is 0.368. The Morgan fingerprint density at radius 3 is 1.63 bits per heavy atom. The summed E-state index contributed by atoms with van der Waals surface area (Å²) in [5.41, 5.74) is 4.31. The van der Waals surface area contributed by atoms with Crippen molar-refractivity contribution < 1.29 is 65.2 Å². The number of aromatic nitrogens is 2. The fourth-order valence-electron chi connectivity index (χ4n) is 6.55. The molecule has 1 aliphatic carbocycles. The van der Waals surface area contributed by atoms with Crippen LogP contribution in [0.1, 0.15) is 64.8 Å². The van der Waals surface area contributed by atoms with Gasteiger partial charge in [-0.15, -0.1) is 0 Å². The zero-order valence-corrected chi connectivity index (χ0v) is 33.2. The molecule has 2 aliphatic heterocycles. The normalized spacial score (nSPS) is 22.5. The standard InChI is InChI=1S/C24H21N2P.C14H20O9S.Au/c1-2-10-18(11-3-1)27-23(21-14-6-8-16-25-21)19-12-4-5-13-20(19)24(27)22-15-7-9-17-26-22;1-6(15)19-5-10-11(20-7(2)16)12(21-8(3)17)13(14(24)23-10)22-9(4)18;/h1-3,6-11,14-17H,4-5,12-13H2;10-14,24H,5H2,1-4H3;/q;;+1/t;10-,11-,12?,13-,14+;/m.1./s1. The minimum absolute atomic E-state index is 0. The van der Waals surface area contributed by atoms with Crippen molar-refractivity contribution in [3.63, 3.8) is 0 Å². The van der Waals surface area contributed by atoms with Gasteiger partial charge in [-0.3, -0.25) is 29.1 Å². The van der Waals surface area contributed by atoms with Gasteiger partial charge < -0.3 is 36.3 Å². The van der Waals surface area contributed by atoms with Crippen molar-refractivity contribution in [2.45, 2.75) is 83.2 Å². The van der Waals surface area contributed by atoms with Gasteiger partial charge in [0, 0.05) is 51.2 Å². The largest absolute Gasteiger partial charge is 1.00 e. The molecule has 0 bridgehead atoms. The molecule has 1 saturated carbocycles. The van der Waals surface area contributed by atoms with Crippen molar-refractivity contribution >= 4 is 60.4 Å². The summed E-state index contributed by atoms with van der Waals surface area (Å²) in [7, 11) is -1.12. The van der Waals surface area contributed by atoms with Crippen LogP contribution in [0.4, 0.5) is 0 Å². The first kappa shape index (κ1) is 41.1. The number of nitrogens with zero attached hydrogens (tertiary/aromatic N) is 2. The molecule has 6 rings (SSSR count). The first-order valence-corrected chi connectivity index (χ1v) is 18.7. The molecule has 4 heterocycles. The van der Waals surface area contributed by atoms with Crippen molar-refractivity contribution in [3.05, 3.63) is 102 Å². The molecule has 2 aromatic heterocycles. The molecule has 52 heavy (non-hydrogen) atoms. The minimum atomic E-state index is -1.19. The number of pyridine rings is 2. The first-order valence-electron chi connectivity index (χ1n) is 16.7. The summed E-state index contributed by atoms with van der Waals surface area (Å²) >= 11 is 5.11. The third kappa shape index (κ3) is 10.3. The Balaban J connectivity index is 0.000000231. The van der Waals surface area contributed by atoms with E-state index in [0.29, 0.717) is 0 Å². The zero-order chi connectivity index (χ0) is 36.5. The predicted molar refractivity (Wildman–Crippen MR) is 194 cm³/mol. The molecule has 1 saturated heterocycles. The topological polar surface area (TPSA) is 140 Å². The molecule has 3 aliphatic rings. The van der Waals surface area contributed by atoms with Crippen LogP contribution < -0.4 is 5.30 Å². The molecule has 0 amide bonds. The van der Waals surface area contributed by atoms with E-state index in [0.717, 1.165) is 32.2 Å². The maximum absolute atomic E-state index is 11.4. The van der Waals surface area contributed by atoms with Gasteiger partial charge in [-0.1, -0.05) is 30.3 Å². The number of allylic oxidation sites excluding steroid dienone is 2. The quantitative estimate of drug-likeness (QED) is 0.0948. The molecule has 2 fully saturated rings. The average Bonchev–Trinajstić information content (AvgIpc) is 3.46. The Labute approximate surface area is 325 Å². The Bertz CT molecular complexity index is 1710. The average molecular weight is 930 g/mol. The summed E-state index contributed by atoms with van der Waals surface area (Å²) in [4.78, 5) is 54.6. The van der Waals surface area contributed by atoms with E-state index in [2.05, 4.69) is 54.6 Å². The van der Waals surface area contributed by atoms with Crippen LogP contribution in [-0.4, -0.2) is 70.3 Å². The second-order valence-electron chi connectivity index (χ2n) is 12.2. The van der Waals surface area contributed by atoms with E-state index in [1.807, 2.05) is 24.5 Å². The van der Waals surface area contributed by atoms with Crippen molar-refractivity contribution in [2.24, 2.45) is 0 Å². The first-order chi connectivity index (χ1) is 24.5. The van der Waals surface area contributed by atoms with Crippen molar-refractivity contribution in [1.29, 1.82) is 0 Å². The van der Waals surface area contributed by atoms with Gasteiger partial charge in [0.15, 0.2) is 12.2 Å². The second kappa shape index (κ2) is 19.4. The van der Waals surface area contributed by atoms with Crippen LogP contribution in [0.2, 0.25) is 0 Å². The van der Waals surface area contributed by atoms with Gasteiger partial charge in [-0.25, -0.2) is 0 Å². The van der Waals surface area contributed by atoms with E-state index in [9.17, 15) is 19.2 Å². The smallest absolute Gasteiger partial charge is 0.757 e. The SMILES string of the molecule is CC(=O)OC[C@H]1O[C@@H]([S-])[C@H](OC(C)=O)C(OC(C)=O)[C@@H]1OC(C)=O.[Au+].c1ccc([PH+]2C(c3ccccn3)=C3CCCCC3=C2c2ccccn2)cc1. The van der Waals surface area contributed by atoms with Crippen molar-refractivity contribution in [2.75, 3.05) is 6.61 Å². The fourth-order valence-corrected chi connectivity index (χ4v) is 10.2. The van der Waals surface area contributed by atoms with E-state index in [4.69, 9.17) is 46.3 Å². The number of ether oxygens (including phenoxy) is 5. The maximum atomic E-state index is 11.4. The Morgan fingerprint density at radius 1 is 0.692 bits per heavy atom. The van der Waals surface area contributed by atoms with Gasteiger partial charge in [0.05, 0.1) is 0 Å². The molecule has 0 spiro atoms. The molecular formula is C38H41AuN2O9PS+. The second-order valence-corrected chi connectivity index (χ2v) is 14.9. The Hall–Kier alpha value is -3.64. The van der Waals surface area contributed by atoms with Crippen LogP contribution in [0.5, 0.6) is 0 Å². The summed E-state index contributed by atoms with van der Waals surface area (Å²) in [5, 5.41) is 4.41. The van der Waals surface area contributed by atoms with E-state index >= 15 is 0 Å². The summed E-state index contributed by atoms with van der Waals surface area (Å²) < 4.78 is 25.7. The zero-order valence-electron chi connectivity index (χ0n) is 29.2. The summed E-state index contributed by atoms with van der Waals surface area (Å²) in [6.07, 6.45) is 4.25. The van der Waals surface area contributed by atoms with Crippen LogP contribution in [0.25, 0.3) is 10.6 Å². The maximum Gasteiger partial charge on any atom is 1.00 e. The number of esters is 4. The number of carbonyl (C=O) groups excluding carboxylic acids is 4. The molecule has 5 atom stereocenters. The molecular weight excluding hydrogens is 888 g/mol. The monoisotopic (exact) mass is 929 g/mol. The van der Waals surface area contributed by atoms with Crippen LogP contribution >= 0.6 is 7.92 Å². The molecule has 11 nitrogen and oxygen atoms in total. The predicted octanol–water partition coefficient (Wildman–Crippen LogP) is 5.34. The van der Waals surface area contributed by atoms with Crippen LogP contribution in [0.15, 0.2) is 90.3 Å². The summed E-state index contributed by atoms with van der Waals surface area (Å²) in [6, 6.07) is 23.6. The number of hydrogen-bond acceptors (Lipinski definition) is 12. The molecule has 1 aromatic carbocycles. The van der Waals surface area contributed by atoms with Crippen molar-refractivity contribution in [3.8, 4) is 0 Å². The van der Waals surface area contributed by atoms with E-state index < -0.39 is 61.7 Å². The summed E-state index contributed by atoms with van der Waals surface area (Å²) in [6.45, 7) is 4.36. The van der Waals surface area contributed by atoms with Gasteiger partial charge in [-0.05, 0) is 67.5 Å². The van der Waals surface area contributed by atoms with Crippen LogP contribution in [-0.2, 0) is 77.9 Å². The van der Waals surface area contributed by atoms with Gasteiger partial charge in [0.25, 0.3) is 0 Å². The Kier molecular flexibility index (Phi) is 15.4. The Morgan fingerprint density at radius 2 is 1.17 bits per heavy atom. The number of benzene rings is 1. The van der Waals surface area contributed by atoms with Gasteiger partial charge in [0.2, 0.25) is 0 Å². The number of rotatable bonds is 8. The van der Waals surface area contributed by atoms with E-state index in [-0.39, 0.29) is 29.0 Å². The molecule has 278 valence electrons. The van der Waals surface area contributed by atoms with E-state index in [1.54, 1.807) is 11.1 Å². The molecule has 0 N–H and O–H groups in total. The van der Waals surface area contributed by atoms with Gasteiger partial charge in [-0.2, -0.15) is 0 Å². The minimum Gasteiger partial charge on any atom is -0.757 e. The number of hydrogen-bond donors (Lipinski definition) is 0. The molecule has 14 heteroatoms. The van der Waals surface area contributed by atoms with Crippen LogP contribution in [0.3, 0.4) is 0 Å². The third-order valence-corrected chi connectivity index (χ3v) is 11.8. The van der Waals surface area contributed by atoms with E-state index in [1.165, 1.54) is 48.5 Å². The third-order valence-electron chi connectivity index (χ3n) is 8.42.